The molecule has 9 nitrogen and oxygen atoms in total. The second-order valence-corrected chi connectivity index (χ2v) is 8.64. The number of nitrogens with zero attached hydrogens (tertiary/aromatic N) is 2. The number of aromatic nitrogens is 2. The lowest BCUT2D eigenvalue weighted by Crippen LogP contribution is -2.48. The van der Waals surface area contributed by atoms with Crippen LogP contribution in [0.25, 0.3) is 11.0 Å². The Morgan fingerprint density at radius 2 is 1.48 bits per heavy atom. The molecule has 2 N–H and O–H groups in total. The van der Waals surface area contributed by atoms with Gasteiger partial charge < -0.3 is 19.6 Å². The Morgan fingerprint density at radius 1 is 0.862 bits per heavy atom. The maximum absolute atomic E-state index is 13.0. The zero-order valence-electron chi connectivity index (χ0n) is 15.7. The highest BCUT2D eigenvalue weighted by Crippen LogP contribution is 2.24. The molecule has 2 heterocycles. The summed E-state index contributed by atoms with van der Waals surface area (Å²) in [6.45, 7) is 1.80. The summed E-state index contributed by atoms with van der Waals surface area (Å²) >= 11 is 0. The second-order valence-electron chi connectivity index (χ2n) is 6.70. The first kappa shape index (κ1) is 19.2. The van der Waals surface area contributed by atoms with Crippen molar-refractivity contribution in [3.8, 4) is 5.75 Å². The van der Waals surface area contributed by atoms with Crippen molar-refractivity contribution in [3.05, 3.63) is 63.2 Å². The van der Waals surface area contributed by atoms with Gasteiger partial charge in [0.05, 0.1) is 23.0 Å². The van der Waals surface area contributed by atoms with Gasteiger partial charge in [0.2, 0.25) is 10.0 Å². The summed E-state index contributed by atoms with van der Waals surface area (Å²) in [5, 5.41) is 0. The Labute approximate surface area is 166 Å². The topological polar surface area (TPSA) is 116 Å². The molecule has 1 aliphatic heterocycles. The Kier molecular flexibility index (Phi) is 4.89. The zero-order valence-corrected chi connectivity index (χ0v) is 16.5. The zero-order chi connectivity index (χ0) is 20.6. The van der Waals surface area contributed by atoms with Crippen molar-refractivity contribution in [1.82, 2.24) is 14.3 Å². The molecule has 0 spiro atoms. The van der Waals surface area contributed by atoms with Gasteiger partial charge in [-0.1, -0.05) is 0 Å². The number of methoxy groups -OCH3 is 1. The highest BCUT2D eigenvalue weighted by atomic mass is 32.2. The molecule has 1 aromatic heterocycles. The number of H-pyrrole nitrogens is 2. The Bertz CT molecular complexity index is 1260. The number of anilines is 1. The van der Waals surface area contributed by atoms with Gasteiger partial charge in [-0.15, -0.1) is 0 Å². The van der Waals surface area contributed by atoms with Crippen molar-refractivity contribution >= 4 is 26.7 Å². The van der Waals surface area contributed by atoms with Crippen LogP contribution in [0.2, 0.25) is 0 Å². The number of hydrogen-bond acceptors (Lipinski definition) is 6. The minimum absolute atomic E-state index is 0.0746. The van der Waals surface area contributed by atoms with Crippen LogP contribution in [0.3, 0.4) is 0 Å². The lowest BCUT2D eigenvalue weighted by atomic mass is 10.2. The van der Waals surface area contributed by atoms with Crippen molar-refractivity contribution in [2.75, 3.05) is 38.2 Å². The molecule has 0 saturated carbocycles. The third kappa shape index (κ3) is 3.64. The van der Waals surface area contributed by atoms with Crippen LogP contribution in [0.15, 0.2) is 56.9 Å². The summed E-state index contributed by atoms with van der Waals surface area (Å²) in [7, 11) is -2.11. The Morgan fingerprint density at radius 3 is 2.10 bits per heavy atom. The molecular weight excluding hydrogens is 396 g/mol. The smallest absolute Gasteiger partial charge is 0.314 e. The number of fused-ring (bicyclic) bond motifs is 1. The van der Waals surface area contributed by atoms with Gasteiger partial charge in [0.25, 0.3) is 0 Å². The van der Waals surface area contributed by atoms with E-state index in [-0.39, 0.29) is 10.4 Å². The minimum Gasteiger partial charge on any atom is -0.497 e. The first-order chi connectivity index (χ1) is 13.9. The molecule has 0 bridgehead atoms. The molecule has 0 aliphatic carbocycles. The molecule has 29 heavy (non-hydrogen) atoms. The maximum Gasteiger partial charge on any atom is 0.314 e. The van der Waals surface area contributed by atoms with E-state index >= 15 is 0 Å². The fourth-order valence-corrected chi connectivity index (χ4v) is 4.83. The molecule has 4 rings (SSSR count). The number of benzene rings is 2. The highest BCUT2D eigenvalue weighted by molar-refractivity contribution is 7.89. The predicted molar refractivity (Wildman–Crippen MR) is 109 cm³/mol. The van der Waals surface area contributed by atoms with E-state index < -0.39 is 21.1 Å². The quantitative estimate of drug-likeness (QED) is 0.606. The van der Waals surface area contributed by atoms with Gasteiger partial charge in [0.1, 0.15) is 5.75 Å². The van der Waals surface area contributed by atoms with E-state index in [1.807, 2.05) is 24.3 Å². The predicted octanol–water partition coefficient (Wildman–Crippen LogP) is 0.736. The van der Waals surface area contributed by atoms with E-state index in [0.717, 1.165) is 11.4 Å². The van der Waals surface area contributed by atoms with Gasteiger partial charge in [0, 0.05) is 31.9 Å². The van der Waals surface area contributed by atoms with Crippen molar-refractivity contribution < 1.29 is 13.2 Å². The van der Waals surface area contributed by atoms with Crippen LogP contribution in [0.1, 0.15) is 0 Å². The molecule has 3 aromatic rings. The highest BCUT2D eigenvalue weighted by Gasteiger charge is 2.29. The normalized spacial score (nSPS) is 15.6. The molecule has 2 aromatic carbocycles. The third-order valence-corrected chi connectivity index (χ3v) is 6.90. The molecule has 1 aliphatic rings. The molecule has 0 unspecified atom stereocenters. The fraction of sp³-hybridized carbons (Fsp3) is 0.263. The van der Waals surface area contributed by atoms with Crippen molar-refractivity contribution in [2.24, 2.45) is 0 Å². The van der Waals surface area contributed by atoms with Crippen molar-refractivity contribution in [2.45, 2.75) is 4.90 Å². The van der Waals surface area contributed by atoms with Crippen molar-refractivity contribution in [3.63, 3.8) is 0 Å². The molecular formula is C19H20N4O5S. The summed E-state index contributed by atoms with van der Waals surface area (Å²) < 4.78 is 32.7. The van der Waals surface area contributed by atoms with Crippen LogP contribution in [-0.4, -0.2) is 56.0 Å². The van der Waals surface area contributed by atoms with Crippen LogP contribution >= 0.6 is 0 Å². The monoisotopic (exact) mass is 416 g/mol. The summed E-state index contributed by atoms with van der Waals surface area (Å²) in [5.74, 6) is 0.769. The van der Waals surface area contributed by atoms with E-state index in [2.05, 4.69) is 14.9 Å². The van der Waals surface area contributed by atoms with Gasteiger partial charge in [0.15, 0.2) is 0 Å². The summed E-state index contributed by atoms with van der Waals surface area (Å²) in [6.07, 6.45) is 0. The lowest BCUT2D eigenvalue weighted by molar-refractivity contribution is 0.384. The first-order valence-electron chi connectivity index (χ1n) is 9.04. The third-order valence-electron chi connectivity index (χ3n) is 5.01. The summed E-state index contributed by atoms with van der Waals surface area (Å²) in [5.41, 5.74) is 0.0587. The van der Waals surface area contributed by atoms with Crippen LogP contribution in [-0.2, 0) is 10.0 Å². The van der Waals surface area contributed by atoms with Crippen LogP contribution in [0.5, 0.6) is 5.75 Å². The average molecular weight is 416 g/mol. The van der Waals surface area contributed by atoms with E-state index in [9.17, 15) is 18.0 Å². The van der Waals surface area contributed by atoms with E-state index in [4.69, 9.17) is 4.74 Å². The molecule has 0 atom stereocenters. The van der Waals surface area contributed by atoms with Gasteiger partial charge in [-0.3, -0.25) is 9.59 Å². The Hall–Kier alpha value is -3.11. The van der Waals surface area contributed by atoms with Gasteiger partial charge >= 0.3 is 11.1 Å². The Balaban J connectivity index is 1.54. The number of ether oxygens (including phenoxy) is 1. The van der Waals surface area contributed by atoms with Gasteiger partial charge in [-0.25, -0.2) is 8.42 Å². The number of sulfonamides is 1. The SMILES string of the molecule is COc1ccc(N2CCN(S(=O)(=O)c3ccc4[nH]c(=O)c(=O)[nH]c4c3)CC2)cc1. The standard InChI is InChI=1S/C19H20N4O5S/c1-28-14-4-2-13(3-5-14)22-8-10-23(11-9-22)29(26,27)15-6-7-16-17(12-15)21-19(25)18(24)20-16/h2-7,12H,8-11H2,1H3,(H,20,24)(H,21,25). The van der Waals surface area contributed by atoms with Crippen molar-refractivity contribution in [1.29, 1.82) is 0 Å². The number of rotatable bonds is 4. The van der Waals surface area contributed by atoms with Gasteiger partial charge in [-0.05, 0) is 42.5 Å². The minimum atomic E-state index is -3.72. The van der Waals surface area contributed by atoms with E-state index in [1.54, 1.807) is 7.11 Å². The summed E-state index contributed by atoms with van der Waals surface area (Å²) in [6, 6.07) is 11.9. The molecule has 1 saturated heterocycles. The van der Waals surface area contributed by atoms with E-state index in [1.165, 1.54) is 22.5 Å². The average Bonchev–Trinajstić information content (AvgIpc) is 2.74. The number of aromatic amines is 2. The summed E-state index contributed by atoms with van der Waals surface area (Å²) in [4.78, 5) is 30.0. The number of nitrogens with one attached hydrogen (secondary N) is 2. The van der Waals surface area contributed by atoms with Crippen LogP contribution < -0.4 is 20.8 Å². The van der Waals surface area contributed by atoms with Crippen LogP contribution in [0.4, 0.5) is 5.69 Å². The number of piperazine rings is 1. The molecule has 152 valence electrons. The number of hydrogen-bond donors (Lipinski definition) is 2. The van der Waals surface area contributed by atoms with Gasteiger partial charge in [-0.2, -0.15) is 4.31 Å². The van der Waals surface area contributed by atoms with E-state index in [0.29, 0.717) is 31.7 Å². The second kappa shape index (κ2) is 7.37. The lowest BCUT2D eigenvalue weighted by Gasteiger charge is -2.35. The molecule has 10 heteroatoms. The first-order valence-corrected chi connectivity index (χ1v) is 10.5. The van der Waals surface area contributed by atoms with Crippen LogP contribution in [0, 0.1) is 0 Å². The maximum atomic E-state index is 13.0. The molecule has 0 radical (unpaired) electrons. The molecule has 1 fully saturated rings. The molecule has 0 amide bonds. The largest absolute Gasteiger partial charge is 0.497 e. The fourth-order valence-electron chi connectivity index (χ4n) is 3.38.